The van der Waals surface area contributed by atoms with E-state index in [1.54, 1.807) is 12.3 Å². The van der Waals surface area contributed by atoms with Crippen LogP contribution in [-0.4, -0.2) is 6.04 Å². The van der Waals surface area contributed by atoms with Gasteiger partial charge in [-0.25, -0.2) is 4.39 Å². The molecule has 1 atom stereocenters. The molecule has 2 aromatic rings. The molecule has 1 N–H and O–H groups in total. The van der Waals surface area contributed by atoms with Crippen LogP contribution in [0.3, 0.4) is 0 Å². The molecule has 1 heterocycles. The molecular weight excluding hydrogens is 285 g/mol. The van der Waals surface area contributed by atoms with E-state index in [-0.39, 0.29) is 11.9 Å². The van der Waals surface area contributed by atoms with E-state index in [2.05, 4.69) is 21.2 Å². The maximum atomic E-state index is 13.6. The van der Waals surface area contributed by atoms with Crippen LogP contribution in [0.25, 0.3) is 0 Å². The Kier molecular flexibility index (Phi) is 3.84. The molecular formula is C13H13BrFNO. The van der Waals surface area contributed by atoms with Crippen molar-refractivity contribution in [3.8, 4) is 0 Å². The second kappa shape index (κ2) is 5.36. The Morgan fingerprint density at radius 3 is 2.82 bits per heavy atom. The lowest BCUT2D eigenvalue weighted by molar-refractivity contribution is 0.497. The molecule has 2 rings (SSSR count). The summed E-state index contributed by atoms with van der Waals surface area (Å²) in [7, 11) is 0. The van der Waals surface area contributed by atoms with Crippen molar-refractivity contribution >= 4 is 21.6 Å². The van der Waals surface area contributed by atoms with E-state index >= 15 is 0 Å². The predicted molar refractivity (Wildman–Crippen MR) is 69.6 cm³/mol. The molecule has 0 fully saturated rings. The highest BCUT2D eigenvalue weighted by Crippen LogP contribution is 2.26. The van der Waals surface area contributed by atoms with Gasteiger partial charge in [0.25, 0.3) is 0 Å². The van der Waals surface area contributed by atoms with Crippen molar-refractivity contribution in [1.29, 1.82) is 0 Å². The van der Waals surface area contributed by atoms with Crippen LogP contribution in [0, 0.1) is 5.82 Å². The zero-order valence-electron chi connectivity index (χ0n) is 9.41. The summed E-state index contributed by atoms with van der Waals surface area (Å²) in [5.41, 5.74) is 0.492. The average molecular weight is 298 g/mol. The van der Waals surface area contributed by atoms with Gasteiger partial charge in [0.15, 0.2) is 0 Å². The van der Waals surface area contributed by atoms with Crippen molar-refractivity contribution in [2.24, 2.45) is 0 Å². The molecule has 0 radical (unpaired) electrons. The van der Waals surface area contributed by atoms with Crippen molar-refractivity contribution in [1.82, 2.24) is 0 Å². The van der Waals surface area contributed by atoms with Gasteiger partial charge in [0.05, 0.1) is 12.0 Å². The monoisotopic (exact) mass is 297 g/mol. The molecule has 0 aliphatic rings. The van der Waals surface area contributed by atoms with Gasteiger partial charge in [-0.15, -0.1) is 0 Å². The molecule has 0 saturated carbocycles. The Balaban J connectivity index is 2.05. The minimum atomic E-state index is -0.259. The highest BCUT2D eigenvalue weighted by atomic mass is 79.9. The van der Waals surface area contributed by atoms with Crippen molar-refractivity contribution < 1.29 is 8.81 Å². The zero-order chi connectivity index (χ0) is 12.3. The van der Waals surface area contributed by atoms with Crippen molar-refractivity contribution in [3.05, 3.63) is 52.6 Å². The summed E-state index contributed by atoms with van der Waals surface area (Å²) in [6.07, 6.45) is 2.36. The molecule has 0 saturated heterocycles. The molecule has 4 heteroatoms. The predicted octanol–water partition coefficient (Wildman–Crippen LogP) is 4.22. The van der Waals surface area contributed by atoms with E-state index in [1.165, 1.54) is 6.07 Å². The number of para-hydroxylation sites is 1. The largest absolute Gasteiger partial charge is 0.469 e. The second-order valence-electron chi connectivity index (χ2n) is 3.93. The summed E-state index contributed by atoms with van der Waals surface area (Å²) in [6.45, 7) is 1.99. The first kappa shape index (κ1) is 12.2. The smallest absolute Gasteiger partial charge is 0.147 e. The van der Waals surface area contributed by atoms with Gasteiger partial charge in [0.1, 0.15) is 11.6 Å². The molecule has 2 nitrogen and oxygen atoms in total. The number of furan rings is 1. The highest BCUT2D eigenvalue weighted by Gasteiger charge is 2.11. The van der Waals surface area contributed by atoms with E-state index in [1.807, 2.05) is 25.1 Å². The van der Waals surface area contributed by atoms with Crippen LogP contribution in [0.5, 0.6) is 0 Å². The average Bonchev–Trinajstić information content (AvgIpc) is 2.76. The summed E-state index contributed by atoms with van der Waals surface area (Å²) in [4.78, 5) is 0. The van der Waals surface area contributed by atoms with Gasteiger partial charge in [0, 0.05) is 16.9 Å². The topological polar surface area (TPSA) is 25.2 Å². The number of anilines is 1. The van der Waals surface area contributed by atoms with Crippen LogP contribution in [0.4, 0.5) is 10.1 Å². The molecule has 1 unspecified atom stereocenters. The van der Waals surface area contributed by atoms with E-state index in [0.717, 1.165) is 10.2 Å². The Morgan fingerprint density at radius 1 is 1.35 bits per heavy atom. The number of halogens is 2. The third kappa shape index (κ3) is 3.09. The van der Waals surface area contributed by atoms with Crippen LogP contribution < -0.4 is 5.32 Å². The van der Waals surface area contributed by atoms with Gasteiger partial charge in [-0.2, -0.15) is 0 Å². The summed E-state index contributed by atoms with van der Waals surface area (Å²) >= 11 is 3.33. The minimum absolute atomic E-state index is 0.0920. The van der Waals surface area contributed by atoms with Gasteiger partial charge in [0.2, 0.25) is 0 Å². The Hall–Kier alpha value is -1.29. The van der Waals surface area contributed by atoms with Crippen molar-refractivity contribution in [2.45, 2.75) is 19.4 Å². The Labute approximate surface area is 108 Å². The van der Waals surface area contributed by atoms with E-state index in [9.17, 15) is 4.39 Å². The Bertz CT molecular complexity index is 464. The quantitative estimate of drug-likeness (QED) is 0.914. The third-order valence-corrected chi connectivity index (χ3v) is 3.10. The Morgan fingerprint density at radius 2 is 2.18 bits per heavy atom. The van der Waals surface area contributed by atoms with Gasteiger partial charge >= 0.3 is 0 Å². The minimum Gasteiger partial charge on any atom is -0.469 e. The molecule has 0 bridgehead atoms. The van der Waals surface area contributed by atoms with Crippen molar-refractivity contribution in [3.63, 3.8) is 0 Å². The first-order valence-electron chi connectivity index (χ1n) is 5.39. The van der Waals surface area contributed by atoms with Crippen LogP contribution >= 0.6 is 15.9 Å². The molecule has 90 valence electrons. The summed E-state index contributed by atoms with van der Waals surface area (Å²) in [5, 5.41) is 3.13. The van der Waals surface area contributed by atoms with Gasteiger partial charge in [-0.05, 0) is 47.1 Å². The van der Waals surface area contributed by atoms with E-state index in [4.69, 9.17) is 4.42 Å². The molecule has 17 heavy (non-hydrogen) atoms. The number of hydrogen-bond acceptors (Lipinski definition) is 2. The van der Waals surface area contributed by atoms with Gasteiger partial charge in [-0.3, -0.25) is 0 Å². The maximum absolute atomic E-state index is 13.6. The standard InChI is InChI=1S/C13H13BrFNO/c1-9(8-10-4-3-7-17-10)16-13-11(14)5-2-6-12(13)15/h2-7,9,16H,8H2,1H3. The molecule has 0 amide bonds. The fraction of sp³-hybridized carbons (Fsp3) is 0.231. The van der Waals surface area contributed by atoms with Crippen LogP contribution in [-0.2, 0) is 6.42 Å². The lowest BCUT2D eigenvalue weighted by Gasteiger charge is -2.15. The van der Waals surface area contributed by atoms with Gasteiger partial charge in [-0.1, -0.05) is 6.07 Å². The molecule has 0 spiro atoms. The summed E-state index contributed by atoms with van der Waals surface area (Å²) in [6, 6.07) is 8.77. The van der Waals surface area contributed by atoms with Crippen molar-refractivity contribution in [2.75, 3.05) is 5.32 Å². The van der Waals surface area contributed by atoms with E-state index < -0.39 is 0 Å². The lowest BCUT2D eigenvalue weighted by Crippen LogP contribution is -2.18. The van der Waals surface area contributed by atoms with Crippen LogP contribution in [0.15, 0.2) is 45.5 Å². The molecule has 0 aliphatic carbocycles. The highest BCUT2D eigenvalue weighted by molar-refractivity contribution is 9.10. The van der Waals surface area contributed by atoms with Gasteiger partial charge < -0.3 is 9.73 Å². The fourth-order valence-electron chi connectivity index (χ4n) is 1.66. The maximum Gasteiger partial charge on any atom is 0.147 e. The van der Waals surface area contributed by atoms with E-state index in [0.29, 0.717) is 12.1 Å². The normalized spacial score (nSPS) is 12.4. The van der Waals surface area contributed by atoms with Crippen LogP contribution in [0.2, 0.25) is 0 Å². The molecule has 1 aromatic carbocycles. The molecule has 0 aliphatic heterocycles. The second-order valence-corrected chi connectivity index (χ2v) is 4.78. The summed E-state index contributed by atoms with van der Waals surface area (Å²) in [5.74, 6) is 0.628. The number of hydrogen-bond donors (Lipinski definition) is 1. The van der Waals surface area contributed by atoms with Crippen LogP contribution in [0.1, 0.15) is 12.7 Å². The summed E-state index contributed by atoms with van der Waals surface area (Å²) < 4.78 is 19.6. The number of nitrogens with one attached hydrogen (secondary N) is 1. The zero-order valence-corrected chi connectivity index (χ0v) is 11.0. The first-order chi connectivity index (χ1) is 8.16. The lowest BCUT2D eigenvalue weighted by atomic mass is 10.2. The number of rotatable bonds is 4. The molecule has 1 aromatic heterocycles. The first-order valence-corrected chi connectivity index (χ1v) is 6.19. The number of benzene rings is 1. The SMILES string of the molecule is CC(Cc1ccco1)Nc1c(F)cccc1Br. The fourth-order valence-corrected chi connectivity index (χ4v) is 2.12. The third-order valence-electron chi connectivity index (χ3n) is 2.44.